The summed E-state index contributed by atoms with van der Waals surface area (Å²) in [6.45, 7) is 4.73. The van der Waals surface area contributed by atoms with E-state index in [1.807, 2.05) is 11.8 Å². The van der Waals surface area contributed by atoms with Gasteiger partial charge in [-0.15, -0.1) is 10.2 Å². The van der Waals surface area contributed by atoms with Gasteiger partial charge in [-0.25, -0.2) is 8.42 Å². The first-order valence-corrected chi connectivity index (χ1v) is 14.2. The van der Waals surface area contributed by atoms with Crippen LogP contribution in [-0.2, 0) is 23.0 Å². The predicted octanol–water partition coefficient (Wildman–Crippen LogP) is 3.59. The van der Waals surface area contributed by atoms with Gasteiger partial charge in [-0.2, -0.15) is 4.31 Å². The monoisotopic (exact) mass is 485 g/mol. The molecule has 1 aromatic carbocycles. The summed E-state index contributed by atoms with van der Waals surface area (Å²) in [6, 6.07) is 6.57. The number of hydrogen-bond acceptors (Lipinski definition) is 5. The third-order valence-corrected chi connectivity index (χ3v) is 9.65. The molecule has 5 rings (SSSR count). The quantitative estimate of drug-likeness (QED) is 0.660. The highest BCUT2D eigenvalue weighted by molar-refractivity contribution is 7.89. The molecule has 8 nitrogen and oxygen atoms in total. The van der Waals surface area contributed by atoms with Gasteiger partial charge in [0.2, 0.25) is 10.0 Å². The minimum absolute atomic E-state index is 0.0146. The topological polar surface area (TPSA) is 88.4 Å². The van der Waals surface area contributed by atoms with E-state index >= 15 is 0 Å². The number of amides is 1. The van der Waals surface area contributed by atoms with E-state index in [4.69, 9.17) is 0 Å². The van der Waals surface area contributed by atoms with Crippen molar-refractivity contribution >= 4 is 15.9 Å². The first-order valence-electron chi connectivity index (χ1n) is 12.8. The number of aryl methyl sites for hydroxylation is 1. The maximum atomic E-state index is 13.5. The molecule has 0 saturated carbocycles. The lowest BCUT2D eigenvalue weighted by atomic mass is 9.96. The van der Waals surface area contributed by atoms with Crippen LogP contribution in [0.4, 0.5) is 0 Å². The Morgan fingerprint density at radius 3 is 2.68 bits per heavy atom. The Morgan fingerprint density at radius 1 is 0.971 bits per heavy atom. The molecule has 0 bridgehead atoms. The lowest BCUT2D eigenvalue weighted by Crippen LogP contribution is -2.42. The smallest absolute Gasteiger partial charge is 0.253 e. The van der Waals surface area contributed by atoms with Crippen LogP contribution < -0.4 is 0 Å². The third-order valence-electron chi connectivity index (χ3n) is 7.64. The van der Waals surface area contributed by atoms with E-state index < -0.39 is 10.0 Å². The zero-order valence-electron chi connectivity index (χ0n) is 20.0. The Morgan fingerprint density at radius 2 is 1.82 bits per heavy atom. The highest BCUT2D eigenvalue weighted by Gasteiger charge is 2.33. The number of sulfonamides is 1. The van der Waals surface area contributed by atoms with E-state index in [1.165, 1.54) is 6.42 Å². The van der Waals surface area contributed by atoms with Crippen molar-refractivity contribution < 1.29 is 13.2 Å². The fourth-order valence-electron chi connectivity index (χ4n) is 5.72. The summed E-state index contributed by atoms with van der Waals surface area (Å²) in [6.07, 6.45) is 9.19. The largest absolute Gasteiger partial charge is 0.338 e. The SMILES string of the molecule is CC1CCCCN1S(=O)(=O)c1cccc(C(=O)N2CCCC(c3nnc4n3CCCCC4)C2)c1. The van der Waals surface area contributed by atoms with Crippen molar-refractivity contribution in [3.63, 3.8) is 0 Å². The molecule has 9 heteroatoms. The minimum Gasteiger partial charge on any atom is -0.338 e. The first-order chi connectivity index (χ1) is 16.4. The van der Waals surface area contributed by atoms with E-state index in [2.05, 4.69) is 14.8 Å². The number of hydrogen-bond donors (Lipinski definition) is 0. The second kappa shape index (κ2) is 9.77. The van der Waals surface area contributed by atoms with Crippen LogP contribution in [0.3, 0.4) is 0 Å². The van der Waals surface area contributed by atoms with Crippen LogP contribution in [-0.4, -0.2) is 64.0 Å². The van der Waals surface area contributed by atoms with E-state index in [9.17, 15) is 13.2 Å². The average Bonchev–Trinajstić information content (AvgIpc) is 3.12. The van der Waals surface area contributed by atoms with Gasteiger partial charge in [0.05, 0.1) is 4.90 Å². The van der Waals surface area contributed by atoms with E-state index in [0.29, 0.717) is 25.2 Å². The van der Waals surface area contributed by atoms with Gasteiger partial charge in [0, 0.05) is 50.1 Å². The summed E-state index contributed by atoms with van der Waals surface area (Å²) in [7, 11) is -3.62. The van der Waals surface area contributed by atoms with Crippen molar-refractivity contribution in [2.75, 3.05) is 19.6 Å². The maximum absolute atomic E-state index is 13.5. The molecule has 2 fully saturated rings. The molecule has 0 spiro atoms. The third kappa shape index (κ3) is 4.52. The Hall–Kier alpha value is -2.26. The highest BCUT2D eigenvalue weighted by Crippen LogP contribution is 2.30. The zero-order chi connectivity index (χ0) is 23.7. The molecule has 4 heterocycles. The standard InChI is InChI=1S/C25H35N5O3S/c1-19-9-4-6-16-30(19)34(32,33)22-12-7-10-20(17-22)25(31)28-14-8-11-21(18-28)24-27-26-23-13-3-2-5-15-29(23)24/h7,10,12,17,19,21H,2-6,8-9,11,13-16,18H2,1H3. The van der Waals surface area contributed by atoms with Gasteiger partial charge in [-0.1, -0.05) is 18.9 Å². The number of carbonyl (C=O) groups is 1. The minimum atomic E-state index is -3.62. The summed E-state index contributed by atoms with van der Waals surface area (Å²) >= 11 is 0. The second-order valence-corrected chi connectivity index (χ2v) is 11.9. The summed E-state index contributed by atoms with van der Waals surface area (Å²) in [5.41, 5.74) is 0.437. The molecule has 1 aromatic heterocycles. The number of likely N-dealkylation sites (tertiary alicyclic amines) is 1. The summed E-state index contributed by atoms with van der Waals surface area (Å²) in [4.78, 5) is 15.5. The second-order valence-electron chi connectivity index (χ2n) is 10.0. The fraction of sp³-hybridized carbons (Fsp3) is 0.640. The fourth-order valence-corrected chi connectivity index (χ4v) is 7.46. The Balaban J connectivity index is 1.34. The van der Waals surface area contributed by atoms with Gasteiger partial charge >= 0.3 is 0 Å². The first kappa shape index (κ1) is 23.5. The average molecular weight is 486 g/mol. The maximum Gasteiger partial charge on any atom is 0.253 e. The molecule has 34 heavy (non-hydrogen) atoms. The van der Waals surface area contributed by atoms with Crippen molar-refractivity contribution in [2.45, 2.75) is 88.1 Å². The number of rotatable bonds is 4. The Labute approximate surface area is 202 Å². The van der Waals surface area contributed by atoms with Crippen LogP contribution in [0.25, 0.3) is 0 Å². The highest BCUT2D eigenvalue weighted by atomic mass is 32.2. The van der Waals surface area contributed by atoms with Gasteiger partial charge in [0.1, 0.15) is 11.6 Å². The van der Waals surface area contributed by atoms with Gasteiger partial charge in [0.15, 0.2) is 0 Å². The molecule has 1 amide bonds. The van der Waals surface area contributed by atoms with Crippen LogP contribution in [0.1, 0.15) is 86.2 Å². The molecule has 0 N–H and O–H groups in total. The number of aromatic nitrogens is 3. The molecule has 3 aliphatic rings. The van der Waals surface area contributed by atoms with Gasteiger partial charge in [-0.05, 0) is 63.6 Å². The van der Waals surface area contributed by atoms with Crippen LogP contribution in [0.15, 0.2) is 29.2 Å². The molecule has 184 valence electrons. The number of benzene rings is 1. The van der Waals surface area contributed by atoms with Crippen molar-refractivity contribution in [3.05, 3.63) is 41.5 Å². The number of nitrogens with zero attached hydrogens (tertiary/aromatic N) is 5. The van der Waals surface area contributed by atoms with Crippen molar-refractivity contribution in [1.82, 2.24) is 24.0 Å². The molecule has 2 atom stereocenters. The van der Waals surface area contributed by atoms with Crippen LogP contribution in [0.2, 0.25) is 0 Å². The van der Waals surface area contributed by atoms with Crippen molar-refractivity contribution in [2.24, 2.45) is 0 Å². The molecule has 3 aliphatic heterocycles. The summed E-state index contributed by atoms with van der Waals surface area (Å²) in [5, 5.41) is 8.97. The molecule has 2 saturated heterocycles. The van der Waals surface area contributed by atoms with Gasteiger partial charge < -0.3 is 9.47 Å². The zero-order valence-corrected chi connectivity index (χ0v) is 20.8. The van der Waals surface area contributed by atoms with Crippen molar-refractivity contribution in [1.29, 1.82) is 0 Å². The van der Waals surface area contributed by atoms with Crippen molar-refractivity contribution in [3.8, 4) is 0 Å². The van der Waals surface area contributed by atoms with Gasteiger partial charge in [-0.3, -0.25) is 4.79 Å². The molecular weight excluding hydrogens is 450 g/mol. The Kier molecular flexibility index (Phi) is 6.75. The van der Waals surface area contributed by atoms with E-state index in [-0.39, 0.29) is 22.8 Å². The normalized spacial score (nSPS) is 24.4. The molecule has 0 aliphatic carbocycles. The van der Waals surface area contributed by atoms with Gasteiger partial charge in [0.25, 0.3) is 5.91 Å². The number of fused-ring (bicyclic) bond motifs is 1. The lowest BCUT2D eigenvalue weighted by Gasteiger charge is -2.33. The number of piperidine rings is 2. The van der Waals surface area contributed by atoms with E-state index in [1.54, 1.807) is 28.6 Å². The van der Waals surface area contributed by atoms with Crippen LogP contribution >= 0.6 is 0 Å². The Bertz CT molecular complexity index is 1150. The summed E-state index contributed by atoms with van der Waals surface area (Å²) in [5.74, 6) is 2.13. The molecule has 2 unspecified atom stereocenters. The molecule has 2 aromatic rings. The molecule has 0 radical (unpaired) electrons. The number of carbonyl (C=O) groups excluding carboxylic acids is 1. The predicted molar refractivity (Wildman–Crippen MR) is 129 cm³/mol. The van der Waals surface area contributed by atoms with Crippen LogP contribution in [0, 0.1) is 0 Å². The summed E-state index contributed by atoms with van der Waals surface area (Å²) < 4.78 is 30.5. The molecular formula is C25H35N5O3S. The lowest BCUT2D eigenvalue weighted by molar-refractivity contribution is 0.0703. The van der Waals surface area contributed by atoms with E-state index in [0.717, 1.165) is 69.6 Å². The van der Waals surface area contributed by atoms with Crippen LogP contribution in [0.5, 0.6) is 0 Å².